The van der Waals surface area contributed by atoms with E-state index in [2.05, 4.69) is 50.1 Å². The van der Waals surface area contributed by atoms with Crippen molar-refractivity contribution in [1.29, 1.82) is 0 Å². The maximum Gasteiger partial charge on any atom is 0.260 e. The average Bonchev–Trinajstić information content (AvgIpc) is 2.89. The predicted molar refractivity (Wildman–Crippen MR) is 159 cm³/mol. The molecule has 0 amide bonds. The monoisotopic (exact) mass is 550 g/mol. The van der Waals surface area contributed by atoms with Crippen LogP contribution >= 0.6 is 11.6 Å². The van der Waals surface area contributed by atoms with Crippen molar-refractivity contribution < 1.29 is 4.21 Å². The van der Waals surface area contributed by atoms with E-state index >= 15 is 0 Å². The molecule has 1 unspecified atom stereocenters. The van der Waals surface area contributed by atoms with Crippen LogP contribution in [0, 0.1) is 0 Å². The molecule has 1 N–H and O–H groups in total. The first-order chi connectivity index (χ1) is 18.2. The van der Waals surface area contributed by atoms with Gasteiger partial charge in [0.15, 0.2) is 0 Å². The molecule has 0 radical (unpaired) electrons. The molecule has 2 aromatic heterocycles. The lowest BCUT2D eigenvalue weighted by Crippen LogP contribution is -2.44. The number of aromatic nitrogens is 3. The van der Waals surface area contributed by atoms with E-state index in [1.807, 2.05) is 19.1 Å². The summed E-state index contributed by atoms with van der Waals surface area (Å²) in [4.78, 5) is 27.8. The Bertz CT molecular complexity index is 1660. The van der Waals surface area contributed by atoms with Gasteiger partial charge in [-0.2, -0.15) is 4.98 Å². The van der Waals surface area contributed by atoms with E-state index < -0.39 is 9.52 Å². The molecule has 0 bridgehead atoms. The molecule has 1 aliphatic rings. The summed E-state index contributed by atoms with van der Waals surface area (Å²) in [5, 5.41) is 4.23. The van der Waals surface area contributed by atoms with E-state index in [4.69, 9.17) is 11.6 Å². The number of aryl methyl sites for hydroxylation is 1. The predicted octanol–water partition coefficient (Wildman–Crippen LogP) is 4.33. The number of halogens is 1. The normalized spacial score (nSPS) is 15.9. The van der Waals surface area contributed by atoms with Crippen molar-refractivity contribution in [1.82, 2.24) is 19.4 Å². The number of hydrogen-bond acceptors (Lipinski definition) is 7. The van der Waals surface area contributed by atoms with Crippen LogP contribution in [0.3, 0.4) is 0 Å². The summed E-state index contributed by atoms with van der Waals surface area (Å²) in [5.74, 6) is 4.15. The van der Waals surface area contributed by atoms with Crippen molar-refractivity contribution in [2.24, 2.45) is 0 Å². The SMILES string of the molecule is C=S(C)(=O)c1cccc(-c2cc3cnc(Nc4ccc(N5CCN(C)CC5)cc4)nc3n(CC)c2=O)c1Cl. The summed E-state index contributed by atoms with van der Waals surface area (Å²) < 4.78 is 14.2. The highest BCUT2D eigenvalue weighted by Gasteiger charge is 2.18. The van der Waals surface area contributed by atoms with Crippen LogP contribution in [0.4, 0.5) is 17.3 Å². The van der Waals surface area contributed by atoms with Crippen LogP contribution in [-0.2, 0) is 16.1 Å². The smallest absolute Gasteiger partial charge is 0.260 e. The van der Waals surface area contributed by atoms with E-state index in [1.54, 1.807) is 35.0 Å². The molecule has 4 aromatic rings. The number of benzene rings is 2. The van der Waals surface area contributed by atoms with Gasteiger partial charge in [-0.1, -0.05) is 23.7 Å². The lowest BCUT2D eigenvalue weighted by Gasteiger charge is -2.34. The van der Waals surface area contributed by atoms with E-state index in [0.29, 0.717) is 39.5 Å². The van der Waals surface area contributed by atoms with Gasteiger partial charge in [-0.15, -0.1) is 0 Å². The molecule has 0 aliphatic carbocycles. The number of piperazine rings is 1. The standard InChI is InChI=1S/C28H31ClN6O2S/c1-5-35-26-19(17-23(27(35)36)22-7-6-8-24(25(22)29)38(3,4)37)18-30-28(32-26)31-20-9-11-21(12-10-20)34-15-13-33(2)14-16-34/h6-12,17-18H,3,5,13-16H2,1-2,4H3,(H,30,31,32). The Morgan fingerprint density at radius 2 is 1.79 bits per heavy atom. The fourth-order valence-corrected chi connectivity index (χ4v) is 6.28. The van der Waals surface area contributed by atoms with Crippen LogP contribution in [0.5, 0.6) is 0 Å². The van der Waals surface area contributed by atoms with Gasteiger partial charge in [-0.05, 0) is 65.8 Å². The third kappa shape index (κ3) is 5.14. The number of rotatable bonds is 6. The van der Waals surface area contributed by atoms with Crippen molar-refractivity contribution >= 4 is 55.3 Å². The van der Waals surface area contributed by atoms with Crippen LogP contribution in [0.2, 0.25) is 5.02 Å². The molecule has 5 rings (SSSR count). The Morgan fingerprint density at radius 3 is 2.45 bits per heavy atom. The molecule has 8 nitrogen and oxygen atoms in total. The zero-order valence-corrected chi connectivity index (χ0v) is 23.3. The van der Waals surface area contributed by atoms with Gasteiger partial charge in [0.1, 0.15) is 5.65 Å². The van der Waals surface area contributed by atoms with Crippen molar-refractivity contribution in [3.8, 4) is 11.1 Å². The van der Waals surface area contributed by atoms with Crippen LogP contribution in [-0.4, -0.2) is 69.0 Å². The largest absolute Gasteiger partial charge is 0.369 e. The molecule has 1 aliphatic heterocycles. The molecule has 2 aromatic carbocycles. The highest BCUT2D eigenvalue weighted by atomic mass is 35.5. The van der Waals surface area contributed by atoms with E-state index in [-0.39, 0.29) is 10.6 Å². The Kier molecular flexibility index (Phi) is 7.17. The fourth-order valence-electron chi connectivity index (χ4n) is 4.71. The zero-order valence-electron chi connectivity index (χ0n) is 21.8. The Labute approximate surface area is 227 Å². The van der Waals surface area contributed by atoms with Crippen LogP contribution < -0.4 is 15.8 Å². The van der Waals surface area contributed by atoms with Crippen molar-refractivity contribution in [2.75, 3.05) is 49.7 Å². The molecule has 1 fully saturated rings. The lowest BCUT2D eigenvalue weighted by atomic mass is 10.1. The molecule has 3 heterocycles. The van der Waals surface area contributed by atoms with Gasteiger partial charge < -0.3 is 15.1 Å². The van der Waals surface area contributed by atoms with Gasteiger partial charge in [0.05, 0.1) is 5.02 Å². The molecule has 198 valence electrons. The van der Waals surface area contributed by atoms with E-state index in [0.717, 1.165) is 31.9 Å². The summed E-state index contributed by atoms with van der Waals surface area (Å²) in [6.07, 6.45) is 3.23. The van der Waals surface area contributed by atoms with E-state index in [1.165, 1.54) is 11.9 Å². The maximum atomic E-state index is 13.5. The molecular formula is C28H31ClN6O2S. The summed E-state index contributed by atoms with van der Waals surface area (Å²) >= 11 is 6.62. The Hall–Kier alpha value is -3.40. The van der Waals surface area contributed by atoms with Crippen LogP contribution in [0.1, 0.15) is 6.92 Å². The zero-order chi connectivity index (χ0) is 27.0. The number of fused-ring (bicyclic) bond motifs is 1. The highest BCUT2D eigenvalue weighted by molar-refractivity contribution is 7.99. The lowest BCUT2D eigenvalue weighted by molar-refractivity contribution is 0.313. The van der Waals surface area contributed by atoms with Gasteiger partial charge >= 0.3 is 0 Å². The van der Waals surface area contributed by atoms with Crippen LogP contribution in [0.15, 0.2) is 64.4 Å². The second kappa shape index (κ2) is 10.4. The third-order valence-corrected chi connectivity index (χ3v) is 8.64. The first-order valence-corrected chi connectivity index (χ1v) is 15.0. The first-order valence-electron chi connectivity index (χ1n) is 12.5. The number of anilines is 3. The second-order valence-electron chi connectivity index (χ2n) is 9.66. The Balaban J connectivity index is 1.47. The number of nitrogens with one attached hydrogen (secondary N) is 1. The topological polar surface area (TPSA) is 83.4 Å². The van der Waals surface area contributed by atoms with Crippen molar-refractivity contribution in [2.45, 2.75) is 18.4 Å². The van der Waals surface area contributed by atoms with Gasteiger partial charge in [-0.3, -0.25) is 13.6 Å². The quantitative estimate of drug-likeness (QED) is 0.358. The fraction of sp³-hybridized carbons (Fsp3) is 0.286. The minimum Gasteiger partial charge on any atom is -0.369 e. The molecular weight excluding hydrogens is 520 g/mol. The summed E-state index contributed by atoms with van der Waals surface area (Å²) in [6.45, 7) is 6.43. The highest BCUT2D eigenvalue weighted by Crippen LogP contribution is 2.33. The summed E-state index contributed by atoms with van der Waals surface area (Å²) in [7, 11) is -0.414. The molecule has 0 spiro atoms. The Morgan fingerprint density at radius 1 is 1.08 bits per heavy atom. The second-order valence-corrected chi connectivity index (χ2v) is 12.5. The summed E-state index contributed by atoms with van der Waals surface area (Å²) in [5.41, 5.74) is 3.27. The van der Waals surface area contributed by atoms with Gasteiger partial charge in [0, 0.05) is 78.0 Å². The maximum absolute atomic E-state index is 13.5. The minimum atomic E-state index is -2.56. The molecule has 10 heteroatoms. The number of likely N-dealkylation sites (N-methyl/N-ethyl adjacent to an activating group) is 1. The van der Waals surface area contributed by atoms with Gasteiger partial charge in [0.2, 0.25) is 5.95 Å². The minimum absolute atomic E-state index is 0.230. The molecule has 38 heavy (non-hydrogen) atoms. The van der Waals surface area contributed by atoms with Gasteiger partial charge in [-0.25, -0.2) is 4.98 Å². The number of pyridine rings is 1. The number of nitrogens with zero attached hydrogens (tertiary/aromatic N) is 5. The molecule has 1 saturated heterocycles. The average molecular weight is 551 g/mol. The van der Waals surface area contributed by atoms with Gasteiger partial charge in [0.25, 0.3) is 5.56 Å². The molecule has 0 saturated carbocycles. The first kappa shape index (κ1) is 26.2. The molecule has 1 atom stereocenters. The van der Waals surface area contributed by atoms with Crippen molar-refractivity contribution in [3.05, 3.63) is 70.1 Å². The van der Waals surface area contributed by atoms with Crippen LogP contribution in [0.25, 0.3) is 22.2 Å². The summed E-state index contributed by atoms with van der Waals surface area (Å²) in [6, 6.07) is 15.1. The van der Waals surface area contributed by atoms with Crippen molar-refractivity contribution in [3.63, 3.8) is 0 Å². The third-order valence-electron chi connectivity index (χ3n) is 6.85. The van der Waals surface area contributed by atoms with E-state index in [9.17, 15) is 9.00 Å². The number of hydrogen-bond donors (Lipinski definition) is 1.